The molecule has 0 radical (unpaired) electrons. The third-order valence-corrected chi connectivity index (χ3v) is 7.95. The van der Waals surface area contributed by atoms with Crippen molar-refractivity contribution in [3.05, 3.63) is 63.1 Å². The van der Waals surface area contributed by atoms with Crippen molar-refractivity contribution in [2.75, 3.05) is 26.8 Å². The van der Waals surface area contributed by atoms with E-state index in [1.807, 2.05) is 19.1 Å². The van der Waals surface area contributed by atoms with Crippen LogP contribution in [0.2, 0.25) is 0 Å². The molecule has 1 heterocycles. The number of ether oxygens (including phenoxy) is 1. The van der Waals surface area contributed by atoms with E-state index in [1.165, 1.54) is 13.1 Å². The minimum Gasteiger partial charge on any atom is -0.381 e. The number of carbonyl (C=O) groups excluding carboxylic acids is 1. The molecule has 3 rings (SSSR count). The van der Waals surface area contributed by atoms with Crippen molar-refractivity contribution in [3.8, 4) is 0 Å². The lowest BCUT2D eigenvalue weighted by Gasteiger charge is -2.38. The van der Waals surface area contributed by atoms with Gasteiger partial charge in [0.2, 0.25) is 10.0 Å². The Balaban J connectivity index is 1.88. The second-order valence-corrected chi connectivity index (χ2v) is 10.5. The molecule has 0 atom stereocenters. The monoisotopic (exact) mass is 494 g/mol. The van der Waals surface area contributed by atoms with Gasteiger partial charge in [-0.05, 0) is 74.7 Å². The van der Waals surface area contributed by atoms with Crippen molar-refractivity contribution in [2.24, 2.45) is 0 Å². The first-order valence-electron chi connectivity index (χ1n) is 9.85. The lowest BCUT2D eigenvalue weighted by Crippen LogP contribution is -2.44. The molecule has 2 aromatic rings. The van der Waals surface area contributed by atoms with Crippen LogP contribution in [-0.4, -0.2) is 41.1 Å². The first-order chi connectivity index (χ1) is 14.2. The van der Waals surface area contributed by atoms with Crippen LogP contribution < -0.4 is 10.0 Å². The fourth-order valence-electron chi connectivity index (χ4n) is 3.85. The number of benzene rings is 2. The third kappa shape index (κ3) is 4.77. The van der Waals surface area contributed by atoms with Gasteiger partial charge in [0.05, 0.1) is 4.90 Å². The largest absolute Gasteiger partial charge is 0.381 e. The molecule has 0 bridgehead atoms. The molecule has 2 aromatic carbocycles. The zero-order valence-corrected chi connectivity index (χ0v) is 19.8. The van der Waals surface area contributed by atoms with E-state index in [2.05, 4.69) is 38.1 Å². The first kappa shape index (κ1) is 22.9. The number of amides is 1. The Morgan fingerprint density at radius 3 is 2.50 bits per heavy atom. The predicted molar refractivity (Wildman–Crippen MR) is 120 cm³/mol. The van der Waals surface area contributed by atoms with Gasteiger partial charge in [-0.3, -0.25) is 4.79 Å². The molecule has 1 saturated heterocycles. The Labute approximate surface area is 186 Å². The Hall–Kier alpha value is -1.74. The van der Waals surface area contributed by atoms with Gasteiger partial charge in [-0.1, -0.05) is 28.1 Å². The van der Waals surface area contributed by atoms with Gasteiger partial charge in [0.15, 0.2) is 0 Å². The van der Waals surface area contributed by atoms with Crippen LogP contribution in [0.5, 0.6) is 0 Å². The second kappa shape index (κ2) is 9.18. The highest BCUT2D eigenvalue weighted by Gasteiger charge is 2.35. The summed E-state index contributed by atoms with van der Waals surface area (Å²) in [4.78, 5) is 13.1. The maximum atomic E-state index is 13.0. The van der Waals surface area contributed by atoms with E-state index in [1.54, 1.807) is 13.0 Å². The number of sulfonamides is 1. The summed E-state index contributed by atoms with van der Waals surface area (Å²) in [6.07, 6.45) is 1.60. The summed E-state index contributed by atoms with van der Waals surface area (Å²) in [6, 6.07) is 11.3. The van der Waals surface area contributed by atoms with Gasteiger partial charge in [-0.15, -0.1) is 0 Å². The van der Waals surface area contributed by atoms with E-state index >= 15 is 0 Å². The lowest BCUT2D eigenvalue weighted by molar-refractivity contribution is 0.0487. The minimum atomic E-state index is -3.65. The summed E-state index contributed by atoms with van der Waals surface area (Å²) in [5.74, 6) is -0.286. The maximum absolute atomic E-state index is 13.0. The summed E-state index contributed by atoms with van der Waals surface area (Å²) >= 11 is 3.54. The van der Waals surface area contributed by atoms with Crippen LogP contribution in [0.3, 0.4) is 0 Å². The average molecular weight is 495 g/mol. The van der Waals surface area contributed by atoms with Crippen LogP contribution in [0.4, 0.5) is 0 Å². The lowest BCUT2D eigenvalue weighted by atomic mass is 9.74. The molecule has 1 fully saturated rings. The standard InChI is InChI=1S/C22H27BrN2O4S/c1-15-11-17(12-20(16(15)2)30(27,28)24-3)21(26)25-14-22(7-9-29-10-8-22)18-5-4-6-19(23)13-18/h4-6,11-13,24H,7-10,14H2,1-3H3,(H,25,26). The van der Waals surface area contributed by atoms with Crippen LogP contribution in [0, 0.1) is 13.8 Å². The number of nitrogens with one attached hydrogen (secondary N) is 2. The predicted octanol–water partition coefficient (Wildman–Crippen LogP) is 3.45. The molecule has 1 amide bonds. The molecule has 1 aliphatic rings. The van der Waals surface area contributed by atoms with Crippen LogP contribution in [0.15, 0.2) is 45.8 Å². The number of carbonyl (C=O) groups is 1. The fraction of sp³-hybridized carbons (Fsp3) is 0.409. The molecule has 0 aliphatic carbocycles. The number of hydrogen-bond donors (Lipinski definition) is 2. The zero-order chi connectivity index (χ0) is 21.9. The average Bonchev–Trinajstić information content (AvgIpc) is 2.74. The Morgan fingerprint density at radius 2 is 1.87 bits per heavy atom. The smallest absolute Gasteiger partial charge is 0.251 e. The molecule has 6 nitrogen and oxygen atoms in total. The summed E-state index contributed by atoms with van der Waals surface area (Å²) in [6.45, 7) is 5.27. The van der Waals surface area contributed by atoms with E-state index in [9.17, 15) is 13.2 Å². The Bertz CT molecular complexity index is 1050. The molecule has 1 aliphatic heterocycles. The molecule has 0 spiro atoms. The van der Waals surface area contributed by atoms with E-state index in [0.29, 0.717) is 30.9 Å². The molecular formula is C22H27BrN2O4S. The van der Waals surface area contributed by atoms with Crippen LogP contribution in [0.25, 0.3) is 0 Å². The Kier molecular flexibility index (Phi) is 7.02. The molecular weight excluding hydrogens is 468 g/mol. The number of halogens is 1. The summed E-state index contributed by atoms with van der Waals surface area (Å²) in [7, 11) is -2.29. The highest BCUT2D eigenvalue weighted by Crippen LogP contribution is 2.35. The molecule has 30 heavy (non-hydrogen) atoms. The highest BCUT2D eigenvalue weighted by molar-refractivity contribution is 9.10. The molecule has 162 valence electrons. The third-order valence-electron chi connectivity index (χ3n) is 5.91. The SMILES string of the molecule is CNS(=O)(=O)c1cc(C(=O)NCC2(c3cccc(Br)c3)CCOCC2)cc(C)c1C. The number of aryl methyl sites for hydroxylation is 1. The highest BCUT2D eigenvalue weighted by atomic mass is 79.9. The van der Waals surface area contributed by atoms with Crippen LogP contribution >= 0.6 is 15.9 Å². The van der Waals surface area contributed by atoms with E-state index in [-0.39, 0.29) is 16.2 Å². The maximum Gasteiger partial charge on any atom is 0.251 e. The summed E-state index contributed by atoms with van der Waals surface area (Å²) < 4.78 is 33.6. The van der Waals surface area contributed by atoms with Gasteiger partial charge < -0.3 is 10.1 Å². The topological polar surface area (TPSA) is 84.5 Å². The molecule has 2 N–H and O–H groups in total. The van der Waals surface area contributed by atoms with Gasteiger partial charge in [0.25, 0.3) is 5.91 Å². The van der Waals surface area contributed by atoms with Gasteiger partial charge in [-0.2, -0.15) is 0 Å². The number of hydrogen-bond acceptors (Lipinski definition) is 4. The van der Waals surface area contributed by atoms with E-state index < -0.39 is 10.0 Å². The van der Waals surface area contributed by atoms with E-state index in [4.69, 9.17) is 4.74 Å². The number of rotatable bonds is 6. The van der Waals surface area contributed by atoms with Gasteiger partial charge in [-0.25, -0.2) is 13.1 Å². The molecule has 0 unspecified atom stereocenters. The normalized spacial score (nSPS) is 16.3. The second-order valence-electron chi connectivity index (χ2n) is 7.71. The Morgan fingerprint density at radius 1 is 1.17 bits per heavy atom. The van der Waals surface area contributed by atoms with Crippen molar-refractivity contribution in [2.45, 2.75) is 37.0 Å². The first-order valence-corrected chi connectivity index (χ1v) is 12.1. The van der Waals surface area contributed by atoms with Crippen molar-refractivity contribution in [1.82, 2.24) is 10.0 Å². The quantitative estimate of drug-likeness (QED) is 0.643. The van der Waals surface area contributed by atoms with Crippen molar-refractivity contribution in [3.63, 3.8) is 0 Å². The fourth-order valence-corrected chi connectivity index (χ4v) is 5.31. The minimum absolute atomic E-state index is 0.128. The van der Waals surface area contributed by atoms with Gasteiger partial charge in [0.1, 0.15) is 0 Å². The van der Waals surface area contributed by atoms with Crippen molar-refractivity contribution in [1.29, 1.82) is 0 Å². The van der Waals surface area contributed by atoms with Crippen LogP contribution in [-0.2, 0) is 20.2 Å². The van der Waals surface area contributed by atoms with Gasteiger partial charge in [0, 0.05) is 35.2 Å². The van der Waals surface area contributed by atoms with Crippen LogP contribution in [0.1, 0.15) is 39.9 Å². The zero-order valence-electron chi connectivity index (χ0n) is 17.4. The van der Waals surface area contributed by atoms with Crippen molar-refractivity contribution >= 4 is 31.9 Å². The van der Waals surface area contributed by atoms with E-state index in [0.717, 1.165) is 28.4 Å². The van der Waals surface area contributed by atoms with Gasteiger partial charge >= 0.3 is 0 Å². The summed E-state index contributed by atoms with van der Waals surface area (Å²) in [5.41, 5.74) is 2.65. The van der Waals surface area contributed by atoms with Crippen molar-refractivity contribution < 1.29 is 17.9 Å². The molecule has 0 aromatic heterocycles. The molecule has 8 heteroatoms. The molecule has 0 saturated carbocycles. The summed E-state index contributed by atoms with van der Waals surface area (Å²) in [5, 5.41) is 3.05.